The average Bonchev–Trinajstić information content (AvgIpc) is 2.95. The van der Waals surface area contributed by atoms with E-state index in [0.29, 0.717) is 18.7 Å². The molecule has 5 nitrogen and oxygen atoms in total. The Morgan fingerprint density at radius 2 is 2.00 bits per heavy atom. The number of anilines is 1. The van der Waals surface area contributed by atoms with Crippen LogP contribution in [0.4, 0.5) is 5.69 Å². The zero-order valence-corrected chi connectivity index (χ0v) is 16.1. The topological polar surface area (TPSA) is 55.6 Å². The Hall–Kier alpha value is -2.34. The molecule has 2 aromatic heterocycles. The lowest BCUT2D eigenvalue weighted by molar-refractivity contribution is 0.102. The minimum Gasteiger partial charge on any atom is -0.494 e. The molecule has 1 aromatic carbocycles. The van der Waals surface area contributed by atoms with Crippen LogP contribution in [0.15, 0.2) is 41.0 Å². The van der Waals surface area contributed by atoms with Crippen molar-refractivity contribution in [2.45, 2.75) is 27.2 Å². The average molecular weight is 402 g/mol. The predicted molar refractivity (Wildman–Crippen MR) is 103 cm³/mol. The standard InChI is InChI=1S/C19H20BrN3O2/c1-4-16-17(23-11-12(3)10-15(20)18(23)22-16)19(24)21-13-6-8-14(9-7-13)25-5-2/h6-11H,4-5H2,1-3H3,(H,21,24). The number of aryl methyl sites for hydroxylation is 2. The third kappa shape index (κ3) is 3.54. The van der Waals surface area contributed by atoms with E-state index in [-0.39, 0.29) is 5.91 Å². The number of amides is 1. The summed E-state index contributed by atoms with van der Waals surface area (Å²) >= 11 is 3.53. The first-order valence-electron chi connectivity index (χ1n) is 8.24. The number of rotatable bonds is 5. The molecule has 0 radical (unpaired) electrons. The molecule has 1 amide bonds. The van der Waals surface area contributed by atoms with Crippen LogP contribution in [0.3, 0.4) is 0 Å². The molecule has 0 aliphatic heterocycles. The highest BCUT2D eigenvalue weighted by atomic mass is 79.9. The quantitative estimate of drug-likeness (QED) is 0.678. The number of benzene rings is 1. The van der Waals surface area contributed by atoms with Crippen LogP contribution in [0.1, 0.15) is 35.6 Å². The number of halogens is 1. The Morgan fingerprint density at radius 1 is 1.28 bits per heavy atom. The molecule has 0 aliphatic carbocycles. The van der Waals surface area contributed by atoms with E-state index in [4.69, 9.17) is 4.74 Å². The fourth-order valence-corrected chi connectivity index (χ4v) is 3.40. The SMILES string of the molecule is CCOc1ccc(NC(=O)c2c(CC)nc3c(Br)cc(C)cn23)cc1. The van der Waals surface area contributed by atoms with Crippen molar-refractivity contribution in [2.24, 2.45) is 0 Å². The summed E-state index contributed by atoms with van der Waals surface area (Å²) in [7, 11) is 0. The van der Waals surface area contributed by atoms with E-state index in [1.165, 1.54) is 0 Å². The van der Waals surface area contributed by atoms with Gasteiger partial charge in [0.25, 0.3) is 5.91 Å². The molecular weight excluding hydrogens is 382 g/mol. The van der Waals surface area contributed by atoms with Gasteiger partial charge in [0.1, 0.15) is 11.4 Å². The molecular formula is C19H20BrN3O2. The highest BCUT2D eigenvalue weighted by molar-refractivity contribution is 9.10. The van der Waals surface area contributed by atoms with Crippen LogP contribution < -0.4 is 10.1 Å². The molecule has 0 saturated carbocycles. The minimum atomic E-state index is -0.175. The predicted octanol–water partition coefficient (Wildman–Crippen LogP) is 4.62. The van der Waals surface area contributed by atoms with Crippen LogP contribution in [-0.4, -0.2) is 21.9 Å². The number of ether oxygens (including phenoxy) is 1. The largest absolute Gasteiger partial charge is 0.494 e. The van der Waals surface area contributed by atoms with Crippen molar-refractivity contribution in [1.82, 2.24) is 9.38 Å². The van der Waals surface area contributed by atoms with Gasteiger partial charge in [-0.05, 0) is 72.1 Å². The van der Waals surface area contributed by atoms with E-state index in [9.17, 15) is 4.79 Å². The third-order valence-electron chi connectivity index (χ3n) is 3.86. The fourth-order valence-electron chi connectivity index (χ4n) is 2.76. The Balaban J connectivity index is 1.96. The Kier molecular flexibility index (Phi) is 5.08. The van der Waals surface area contributed by atoms with E-state index >= 15 is 0 Å². The summed E-state index contributed by atoms with van der Waals surface area (Å²) in [6.07, 6.45) is 2.61. The zero-order valence-electron chi connectivity index (χ0n) is 14.5. The second kappa shape index (κ2) is 7.27. The molecule has 0 saturated heterocycles. The molecule has 2 heterocycles. The van der Waals surface area contributed by atoms with Gasteiger partial charge in [-0.1, -0.05) is 6.92 Å². The summed E-state index contributed by atoms with van der Waals surface area (Å²) in [6.45, 7) is 6.54. The van der Waals surface area contributed by atoms with E-state index in [1.54, 1.807) is 0 Å². The first-order chi connectivity index (χ1) is 12.0. The second-order valence-corrected chi connectivity index (χ2v) is 6.59. The molecule has 0 bridgehead atoms. The summed E-state index contributed by atoms with van der Waals surface area (Å²) in [5, 5.41) is 2.95. The van der Waals surface area contributed by atoms with Gasteiger partial charge in [-0.2, -0.15) is 0 Å². The first kappa shape index (κ1) is 17.5. The second-order valence-electron chi connectivity index (χ2n) is 5.73. The summed E-state index contributed by atoms with van der Waals surface area (Å²) in [4.78, 5) is 17.5. The molecule has 0 unspecified atom stereocenters. The van der Waals surface area contributed by atoms with E-state index in [0.717, 1.165) is 32.8 Å². The number of nitrogens with one attached hydrogen (secondary N) is 1. The third-order valence-corrected chi connectivity index (χ3v) is 4.44. The summed E-state index contributed by atoms with van der Waals surface area (Å²) in [5.41, 5.74) is 3.86. The van der Waals surface area contributed by atoms with Crippen LogP contribution in [-0.2, 0) is 6.42 Å². The maximum absolute atomic E-state index is 12.9. The lowest BCUT2D eigenvalue weighted by atomic mass is 10.2. The zero-order chi connectivity index (χ0) is 18.0. The molecule has 0 fully saturated rings. The number of nitrogens with zero attached hydrogens (tertiary/aromatic N) is 2. The molecule has 0 spiro atoms. The lowest BCUT2D eigenvalue weighted by Gasteiger charge is -2.09. The molecule has 3 rings (SSSR count). The first-order valence-corrected chi connectivity index (χ1v) is 9.04. The Morgan fingerprint density at radius 3 is 2.64 bits per heavy atom. The van der Waals surface area contributed by atoms with Crippen molar-refractivity contribution in [3.63, 3.8) is 0 Å². The van der Waals surface area contributed by atoms with Crippen LogP contribution in [0.5, 0.6) is 5.75 Å². The number of imidazole rings is 1. The number of aromatic nitrogens is 2. The lowest BCUT2D eigenvalue weighted by Crippen LogP contribution is -2.16. The number of carbonyl (C=O) groups excluding carboxylic acids is 1. The Bertz CT molecular complexity index is 917. The molecule has 0 aliphatic rings. The molecule has 0 atom stereocenters. The fraction of sp³-hybridized carbons (Fsp3) is 0.263. The monoisotopic (exact) mass is 401 g/mol. The van der Waals surface area contributed by atoms with Gasteiger partial charge >= 0.3 is 0 Å². The maximum Gasteiger partial charge on any atom is 0.274 e. The van der Waals surface area contributed by atoms with Crippen molar-refractivity contribution in [2.75, 3.05) is 11.9 Å². The van der Waals surface area contributed by atoms with Gasteiger partial charge in [0.05, 0.1) is 16.8 Å². The van der Waals surface area contributed by atoms with Crippen LogP contribution in [0.25, 0.3) is 5.65 Å². The molecule has 1 N–H and O–H groups in total. The number of carbonyl (C=O) groups is 1. The Labute approximate surface area is 155 Å². The van der Waals surface area contributed by atoms with Gasteiger partial charge in [0.2, 0.25) is 0 Å². The molecule has 25 heavy (non-hydrogen) atoms. The van der Waals surface area contributed by atoms with E-state index in [2.05, 4.69) is 26.2 Å². The minimum absolute atomic E-state index is 0.175. The highest BCUT2D eigenvalue weighted by Crippen LogP contribution is 2.24. The normalized spacial score (nSPS) is 10.9. The van der Waals surface area contributed by atoms with Gasteiger partial charge in [0, 0.05) is 11.9 Å². The molecule has 130 valence electrons. The van der Waals surface area contributed by atoms with Crippen LogP contribution in [0.2, 0.25) is 0 Å². The van der Waals surface area contributed by atoms with Gasteiger partial charge in [0.15, 0.2) is 5.65 Å². The van der Waals surface area contributed by atoms with Gasteiger partial charge in [-0.25, -0.2) is 4.98 Å². The number of hydrogen-bond donors (Lipinski definition) is 1. The van der Waals surface area contributed by atoms with Crippen molar-refractivity contribution in [1.29, 1.82) is 0 Å². The van der Waals surface area contributed by atoms with Crippen molar-refractivity contribution in [3.05, 3.63) is 58.0 Å². The van der Waals surface area contributed by atoms with Gasteiger partial charge < -0.3 is 10.1 Å². The smallest absolute Gasteiger partial charge is 0.274 e. The molecule has 3 aromatic rings. The highest BCUT2D eigenvalue weighted by Gasteiger charge is 2.20. The number of fused-ring (bicyclic) bond motifs is 1. The van der Waals surface area contributed by atoms with Gasteiger partial charge in [-0.15, -0.1) is 0 Å². The van der Waals surface area contributed by atoms with Gasteiger partial charge in [-0.3, -0.25) is 9.20 Å². The summed E-state index contributed by atoms with van der Waals surface area (Å²) in [6, 6.07) is 9.35. The van der Waals surface area contributed by atoms with E-state index in [1.807, 2.05) is 61.7 Å². The van der Waals surface area contributed by atoms with Crippen molar-refractivity contribution >= 4 is 33.2 Å². The number of hydrogen-bond acceptors (Lipinski definition) is 3. The van der Waals surface area contributed by atoms with Crippen molar-refractivity contribution in [3.8, 4) is 5.75 Å². The number of pyridine rings is 1. The maximum atomic E-state index is 12.9. The van der Waals surface area contributed by atoms with Crippen LogP contribution >= 0.6 is 15.9 Å². The molecule has 6 heteroatoms. The van der Waals surface area contributed by atoms with Crippen LogP contribution in [0, 0.1) is 6.92 Å². The van der Waals surface area contributed by atoms with E-state index < -0.39 is 0 Å². The summed E-state index contributed by atoms with van der Waals surface area (Å²) < 4.78 is 8.15. The summed E-state index contributed by atoms with van der Waals surface area (Å²) in [5.74, 6) is 0.607. The van der Waals surface area contributed by atoms with Crippen molar-refractivity contribution < 1.29 is 9.53 Å².